The minimum absolute atomic E-state index is 0.111. The van der Waals surface area contributed by atoms with Crippen LogP contribution >= 0.6 is 0 Å². The number of methoxy groups -OCH3 is 1. The van der Waals surface area contributed by atoms with E-state index < -0.39 is 0 Å². The summed E-state index contributed by atoms with van der Waals surface area (Å²) in [5.41, 5.74) is 0.711. The second-order valence-electron chi connectivity index (χ2n) is 5.23. The van der Waals surface area contributed by atoms with Gasteiger partial charge in [-0.3, -0.25) is 4.79 Å². The van der Waals surface area contributed by atoms with Crippen LogP contribution in [0.1, 0.15) is 36.5 Å². The Hall–Kier alpha value is -1.55. The molecule has 0 aromatic heterocycles. The maximum atomic E-state index is 12.7. The first-order valence-corrected chi connectivity index (χ1v) is 7.42. The van der Waals surface area contributed by atoms with Gasteiger partial charge in [0, 0.05) is 24.7 Å². The lowest BCUT2D eigenvalue weighted by molar-refractivity contribution is 0.0648. The van der Waals surface area contributed by atoms with Gasteiger partial charge in [0.05, 0.1) is 7.11 Å². The lowest BCUT2D eigenvalue weighted by atomic mass is 10.0. The minimum Gasteiger partial charge on any atom is -0.497 e. The molecule has 1 amide bonds. The number of hydrogen-bond donors (Lipinski definition) is 1. The summed E-state index contributed by atoms with van der Waals surface area (Å²) in [6.07, 6.45) is 3.20. The Bertz CT molecular complexity index is 442. The highest BCUT2D eigenvalue weighted by Crippen LogP contribution is 2.18. The van der Waals surface area contributed by atoms with Gasteiger partial charge in [-0.25, -0.2) is 0 Å². The number of carbonyl (C=O) groups excluding carboxylic acids is 1. The first kappa shape index (κ1) is 14.9. The zero-order chi connectivity index (χ0) is 14.4. The SMILES string of the molecule is CCCN(C(=O)c1cccc(OC)c1)C1CCCNC1. The molecule has 1 heterocycles. The fourth-order valence-electron chi connectivity index (χ4n) is 2.71. The Balaban J connectivity index is 2.16. The number of benzene rings is 1. The van der Waals surface area contributed by atoms with Gasteiger partial charge in [-0.05, 0) is 44.0 Å². The van der Waals surface area contributed by atoms with Gasteiger partial charge >= 0.3 is 0 Å². The molecule has 1 saturated heterocycles. The summed E-state index contributed by atoms with van der Waals surface area (Å²) in [5.74, 6) is 0.841. The summed E-state index contributed by atoms with van der Waals surface area (Å²) in [5, 5.41) is 3.38. The molecule has 4 nitrogen and oxygen atoms in total. The predicted octanol–water partition coefficient (Wildman–Crippen LogP) is 2.30. The van der Waals surface area contributed by atoms with Crippen LogP contribution in [0.4, 0.5) is 0 Å². The average Bonchev–Trinajstić information content (AvgIpc) is 2.53. The number of hydrogen-bond acceptors (Lipinski definition) is 3. The Morgan fingerprint density at radius 3 is 3.00 bits per heavy atom. The Morgan fingerprint density at radius 1 is 1.50 bits per heavy atom. The molecule has 1 aliphatic rings. The molecule has 2 rings (SSSR count). The number of nitrogens with zero attached hydrogens (tertiary/aromatic N) is 1. The van der Waals surface area contributed by atoms with E-state index >= 15 is 0 Å². The summed E-state index contributed by atoms with van der Waals surface area (Å²) < 4.78 is 5.21. The molecule has 1 aromatic carbocycles. The largest absolute Gasteiger partial charge is 0.497 e. The van der Waals surface area contributed by atoms with Crippen LogP contribution in [0, 0.1) is 0 Å². The zero-order valence-corrected chi connectivity index (χ0v) is 12.4. The van der Waals surface area contributed by atoms with Gasteiger partial charge in [0.1, 0.15) is 5.75 Å². The number of rotatable bonds is 5. The lowest BCUT2D eigenvalue weighted by Crippen LogP contribution is -2.49. The second-order valence-corrected chi connectivity index (χ2v) is 5.23. The molecule has 1 aliphatic heterocycles. The van der Waals surface area contributed by atoms with Crippen molar-refractivity contribution in [1.29, 1.82) is 0 Å². The van der Waals surface area contributed by atoms with Gasteiger partial charge in [0.25, 0.3) is 5.91 Å². The molecule has 1 atom stereocenters. The van der Waals surface area contributed by atoms with Gasteiger partial charge in [0.2, 0.25) is 0 Å². The first-order chi connectivity index (χ1) is 9.76. The van der Waals surface area contributed by atoms with Crippen LogP contribution in [0.25, 0.3) is 0 Å². The van der Waals surface area contributed by atoms with Crippen molar-refractivity contribution in [2.24, 2.45) is 0 Å². The molecule has 4 heteroatoms. The highest BCUT2D eigenvalue weighted by Gasteiger charge is 2.25. The molecule has 1 N–H and O–H groups in total. The lowest BCUT2D eigenvalue weighted by Gasteiger charge is -2.34. The van der Waals surface area contributed by atoms with E-state index in [9.17, 15) is 4.79 Å². The highest BCUT2D eigenvalue weighted by molar-refractivity contribution is 5.94. The maximum absolute atomic E-state index is 12.7. The Kier molecular flexibility index (Phi) is 5.41. The summed E-state index contributed by atoms with van der Waals surface area (Å²) in [6, 6.07) is 7.73. The van der Waals surface area contributed by atoms with E-state index in [0.29, 0.717) is 11.6 Å². The Labute approximate surface area is 121 Å². The van der Waals surface area contributed by atoms with E-state index in [1.54, 1.807) is 7.11 Å². The molecule has 0 aliphatic carbocycles. The number of amides is 1. The molecule has 1 unspecified atom stereocenters. The van der Waals surface area contributed by atoms with Crippen molar-refractivity contribution < 1.29 is 9.53 Å². The number of piperidine rings is 1. The van der Waals surface area contributed by atoms with Crippen LogP contribution in [0.3, 0.4) is 0 Å². The zero-order valence-electron chi connectivity index (χ0n) is 12.4. The second kappa shape index (κ2) is 7.29. The van der Waals surface area contributed by atoms with Crippen molar-refractivity contribution in [2.75, 3.05) is 26.7 Å². The van der Waals surface area contributed by atoms with Crippen molar-refractivity contribution in [3.05, 3.63) is 29.8 Å². The molecule has 0 saturated carbocycles. The fourth-order valence-corrected chi connectivity index (χ4v) is 2.71. The van der Waals surface area contributed by atoms with Crippen LogP contribution < -0.4 is 10.1 Å². The van der Waals surface area contributed by atoms with Gasteiger partial charge < -0.3 is 15.0 Å². The first-order valence-electron chi connectivity index (χ1n) is 7.42. The maximum Gasteiger partial charge on any atom is 0.254 e. The quantitative estimate of drug-likeness (QED) is 0.897. The molecule has 1 fully saturated rings. The normalized spacial score (nSPS) is 18.6. The molecular weight excluding hydrogens is 252 g/mol. The molecule has 20 heavy (non-hydrogen) atoms. The number of carbonyl (C=O) groups is 1. The minimum atomic E-state index is 0.111. The van der Waals surface area contributed by atoms with E-state index in [2.05, 4.69) is 12.2 Å². The predicted molar refractivity (Wildman–Crippen MR) is 80.2 cm³/mol. The molecule has 0 spiro atoms. The number of ether oxygens (including phenoxy) is 1. The number of nitrogens with one attached hydrogen (secondary N) is 1. The summed E-state index contributed by atoms with van der Waals surface area (Å²) in [4.78, 5) is 14.8. The fraction of sp³-hybridized carbons (Fsp3) is 0.562. The standard InChI is InChI=1S/C16H24N2O2/c1-3-10-18(14-7-5-9-17-12-14)16(19)13-6-4-8-15(11-13)20-2/h4,6,8,11,14,17H,3,5,7,9-10,12H2,1-2H3. The third kappa shape index (κ3) is 3.51. The molecule has 110 valence electrons. The highest BCUT2D eigenvalue weighted by atomic mass is 16.5. The molecule has 0 bridgehead atoms. The third-order valence-corrected chi connectivity index (χ3v) is 3.75. The van der Waals surface area contributed by atoms with Crippen LogP contribution in [0.2, 0.25) is 0 Å². The van der Waals surface area contributed by atoms with Gasteiger partial charge in [-0.1, -0.05) is 13.0 Å². The third-order valence-electron chi connectivity index (χ3n) is 3.75. The van der Waals surface area contributed by atoms with Crippen molar-refractivity contribution in [2.45, 2.75) is 32.2 Å². The van der Waals surface area contributed by atoms with E-state index in [1.165, 1.54) is 0 Å². The molecule has 0 radical (unpaired) electrons. The Morgan fingerprint density at radius 2 is 2.35 bits per heavy atom. The van der Waals surface area contributed by atoms with Crippen LogP contribution in [-0.4, -0.2) is 43.6 Å². The van der Waals surface area contributed by atoms with E-state index in [1.807, 2.05) is 29.2 Å². The average molecular weight is 276 g/mol. The molecule has 1 aromatic rings. The van der Waals surface area contributed by atoms with E-state index in [4.69, 9.17) is 4.74 Å². The smallest absolute Gasteiger partial charge is 0.254 e. The van der Waals surface area contributed by atoms with Crippen molar-refractivity contribution in [3.63, 3.8) is 0 Å². The van der Waals surface area contributed by atoms with Crippen molar-refractivity contribution >= 4 is 5.91 Å². The van der Waals surface area contributed by atoms with Gasteiger partial charge in [-0.2, -0.15) is 0 Å². The van der Waals surface area contributed by atoms with E-state index in [0.717, 1.165) is 44.6 Å². The topological polar surface area (TPSA) is 41.6 Å². The monoisotopic (exact) mass is 276 g/mol. The van der Waals surface area contributed by atoms with Gasteiger partial charge in [-0.15, -0.1) is 0 Å². The van der Waals surface area contributed by atoms with Crippen LogP contribution in [0.5, 0.6) is 5.75 Å². The summed E-state index contributed by atoms with van der Waals surface area (Å²) >= 11 is 0. The van der Waals surface area contributed by atoms with Crippen LogP contribution in [-0.2, 0) is 0 Å². The van der Waals surface area contributed by atoms with Gasteiger partial charge in [0.15, 0.2) is 0 Å². The van der Waals surface area contributed by atoms with Crippen molar-refractivity contribution in [3.8, 4) is 5.75 Å². The van der Waals surface area contributed by atoms with Crippen molar-refractivity contribution in [1.82, 2.24) is 10.2 Å². The summed E-state index contributed by atoms with van der Waals surface area (Å²) in [7, 11) is 1.62. The summed E-state index contributed by atoms with van der Waals surface area (Å²) in [6.45, 7) is 4.88. The van der Waals surface area contributed by atoms with Crippen LogP contribution in [0.15, 0.2) is 24.3 Å². The van der Waals surface area contributed by atoms with E-state index in [-0.39, 0.29) is 5.91 Å². The molecular formula is C16H24N2O2.